The van der Waals surface area contributed by atoms with Gasteiger partial charge >= 0.3 is 12.1 Å². The molecule has 13 heteroatoms. The number of alkyl halides is 3. The lowest BCUT2D eigenvalue weighted by Gasteiger charge is -2.29. The summed E-state index contributed by atoms with van der Waals surface area (Å²) in [6, 6.07) is 8.24. The second-order valence-corrected chi connectivity index (χ2v) is 8.00. The molecule has 1 fully saturated rings. The summed E-state index contributed by atoms with van der Waals surface area (Å²) in [5, 5.41) is 36.2. The van der Waals surface area contributed by atoms with Crippen molar-refractivity contribution in [2.75, 3.05) is 5.32 Å². The Morgan fingerprint density at radius 2 is 1.94 bits per heavy atom. The molecule has 1 aliphatic rings. The van der Waals surface area contributed by atoms with Crippen molar-refractivity contribution in [2.24, 2.45) is 5.92 Å². The summed E-state index contributed by atoms with van der Waals surface area (Å²) in [6.45, 7) is 1.83. The Kier molecular flexibility index (Phi) is 7.72. The van der Waals surface area contributed by atoms with E-state index in [0.29, 0.717) is 29.8 Å². The summed E-state index contributed by atoms with van der Waals surface area (Å²) >= 11 is 0. The Morgan fingerprint density at radius 1 is 1.26 bits per heavy atom. The minimum Gasteiger partial charge on any atom is -0.475 e. The number of nitrogens with one attached hydrogen (secondary N) is 2. The number of carboxylic acid groups (broad SMARTS) is 1. The Balaban J connectivity index is 0.000000406. The molecule has 0 atom stereocenters. The summed E-state index contributed by atoms with van der Waals surface area (Å²) in [7, 11) is 0. The number of H-pyrrole nitrogens is 1. The lowest BCUT2D eigenvalue weighted by molar-refractivity contribution is -0.192. The smallest absolute Gasteiger partial charge is 0.475 e. The number of anilines is 2. The highest BCUT2D eigenvalue weighted by Crippen LogP contribution is 2.36. The molecule has 0 saturated heterocycles. The molecule has 34 heavy (non-hydrogen) atoms. The van der Waals surface area contributed by atoms with E-state index in [1.807, 2.05) is 25.1 Å². The molecule has 0 radical (unpaired) electrons. The Bertz CT molecular complexity index is 1170. The van der Waals surface area contributed by atoms with Crippen molar-refractivity contribution < 1.29 is 28.2 Å². The third kappa shape index (κ3) is 6.02. The van der Waals surface area contributed by atoms with Crippen molar-refractivity contribution in [1.82, 2.24) is 24.7 Å². The van der Waals surface area contributed by atoms with Crippen LogP contribution in [0.1, 0.15) is 49.7 Å². The van der Waals surface area contributed by atoms with Crippen LogP contribution >= 0.6 is 0 Å². The first-order valence-corrected chi connectivity index (χ1v) is 10.6. The maximum absolute atomic E-state index is 10.6. The van der Waals surface area contributed by atoms with Crippen molar-refractivity contribution in [2.45, 2.75) is 57.9 Å². The molecule has 0 bridgehead atoms. The summed E-state index contributed by atoms with van der Waals surface area (Å²) in [4.78, 5) is 18.2. The fraction of sp³-hybridized carbons (Fsp3) is 0.476. The van der Waals surface area contributed by atoms with Crippen LogP contribution in [0.2, 0.25) is 0 Å². The second kappa shape index (κ2) is 10.5. The highest BCUT2D eigenvalue weighted by Gasteiger charge is 2.38. The lowest BCUT2D eigenvalue weighted by Crippen LogP contribution is -2.21. The number of aromatic amines is 1. The predicted molar refractivity (Wildman–Crippen MR) is 115 cm³/mol. The average molecular weight is 479 g/mol. The number of carboxylic acids is 1. The number of aliphatic hydroxyl groups excluding tert-OH is 1. The van der Waals surface area contributed by atoms with Gasteiger partial charge in [-0.2, -0.15) is 23.5 Å². The molecular weight excluding hydrogens is 455 g/mol. The van der Waals surface area contributed by atoms with Gasteiger partial charge in [0.05, 0.1) is 6.07 Å². The molecule has 3 heterocycles. The van der Waals surface area contributed by atoms with Crippen LogP contribution in [0, 0.1) is 24.2 Å². The van der Waals surface area contributed by atoms with Crippen LogP contribution in [0.4, 0.5) is 24.8 Å². The molecular formula is C21H24F3N7O3. The molecule has 0 amide bonds. The van der Waals surface area contributed by atoms with E-state index in [9.17, 15) is 18.3 Å². The number of aliphatic hydroxyl groups is 1. The molecule has 4 N–H and O–H groups in total. The SMILES string of the molecule is Cc1cc(Nc2ccc3nc(CO)n(C4CCC(CC#N)CC4)c3n2)n[nH]1.O=C(O)C(F)(F)F. The van der Waals surface area contributed by atoms with Crippen molar-refractivity contribution in [3.63, 3.8) is 0 Å². The van der Waals surface area contributed by atoms with E-state index in [4.69, 9.17) is 20.1 Å². The van der Waals surface area contributed by atoms with Crippen LogP contribution in [-0.2, 0) is 11.4 Å². The molecule has 0 aliphatic heterocycles. The molecule has 182 valence electrons. The average Bonchev–Trinajstić information content (AvgIpc) is 3.37. The number of carbonyl (C=O) groups is 1. The first kappa shape index (κ1) is 25.0. The minimum absolute atomic E-state index is 0.115. The number of imidazole rings is 1. The van der Waals surface area contributed by atoms with E-state index in [1.165, 1.54) is 0 Å². The number of fused-ring (bicyclic) bond motifs is 1. The van der Waals surface area contributed by atoms with Gasteiger partial charge in [0.2, 0.25) is 0 Å². The third-order valence-electron chi connectivity index (χ3n) is 5.52. The zero-order valence-corrected chi connectivity index (χ0v) is 18.3. The van der Waals surface area contributed by atoms with E-state index < -0.39 is 12.1 Å². The molecule has 0 unspecified atom stereocenters. The fourth-order valence-corrected chi connectivity index (χ4v) is 3.94. The van der Waals surface area contributed by atoms with Gasteiger partial charge in [-0.1, -0.05) is 0 Å². The predicted octanol–water partition coefficient (Wildman–Crippen LogP) is 3.98. The Labute approximate surface area is 192 Å². The van der Waals surface area contributed by atoms with Crippen molar-refractivity contribution in [3.8, 4) is 6.07 Å². The Morgan fingerprint density at radius 3 is 2.47 bits per heavy atom. The number of aryl methyl sites for hydroxylation is 1. The number of hydrogen-bond donors (Lipinski definition) is 4. The molecule has 0 spiro atoms. The van der Waals surface area contributed by atoms with Crippen molar-refractivity contribution >= 4 is 28.8 Å². The van der Waals surface area contributed by atoms with Gasteiger partial charge in [0.25, 0.3) is 0 Å². The number of rotatable bonds is 5. The number of pyridine rings is 1. The van der Waals surface area contributed by atoms with Gasteiger partial charge in [0.1, 0.15) is 23.8 Å². The zero-order valence-electron chi connectivity index (χ0n) is 18.3. The highest BCUT2D eigenvalue weighted by atomic mass is 19.4. The van der Waals surface area contributed by atoms with E-state index >= 15 is 0 Å². The maximum atomic E-state index is 10.6. The van der Waals surface area contributed by atoms with Crippen LogP contribution in [-0.4, -0.2) is 47.1 Å². The number of nitrogens with zero attached hydrogens (tertiary/aromatic N) is 5. The summed E-state index contributed by atoms with van der Waals surface area (Å²) in [6.07, 6.45) is -0.467. The number of aromatic nitrogens is 5. The maximum Gasteiger partial charge on any atom is 0.490 e. The van der Waals surface area contributed by atoms with Gasteiger partial charge in [-0.15, -0.1) is 0 Å². The summed E-state index contributed by atoms with van der Waals surface area (Å²) in [5.74, 6) is -0.226. The van der Waals surface area contributed by atoms with Gasteiger partial charge in [0.15, 0.2) is 11.5 Å². The molecule has 0 aromatic carbocycles. The molecule has 1 saturated carbocycles. The monoisotopic (exact) mass is 479 g/mol. The van der Waals surface area contributed by atoms with E-state index in [2.05, 4.69) is 31.1 Å². The van der Waals surface area contributed by atoms with Gasteiger partial charge in [-0.25, -0.2) is 14.8 Å². The first-order chi connectivity index (χ1) is 16.1. The normalized spacial score (nSPS) is 18.1. The highest BCUT2D eigenvalue weighted by molar-refractivity contribution is 5.75. The molecule has 10 nitrogen and oxygen atoms in total. The standard InChI is InChI=1S/C19H23N7O.C2HF3O2/c1-12-10-17(25-24-12)22-16-7-6-15-19(23-16)26(18(11-27)21-15)14-4-2-13(3-5-14)8-9-20;3-2(4,5)1(6)7/h6-7,10,13-14,27H,2-5,8,11H2,1H3,(H2,22,23,24,25);(H,6,7). The summed E-state index contributed by atoms with van der Waals surface area (Å²) in [5.41, 5.74) is 2.53. The molecule has 4 rings (SSSR count). The van der Waals surface area contributed by atoms with Crippen LogP contribution < -0.4 is 5.32 Å². The van der Waals surface area contributed by atoms with Gasteiger partial charge in [-0.3, -0.25) is 5.10 Å². The Hall–Kier alpha value is -3.66. The van der Waals surface area contributed by atoms with Gasteiger partial charge in [0, 0.05) is 24.2 Å². The van der Waals surface area contributed by atoms with Crippen LogP contribution in [0.3, 0.4) is 0 Å². The minimum atomic E-state index is -5.08. The van der Waals surface area contributed by atoms with E-state index in [1.54, 1.807) is 0 Å². The molecule has 3 aromatic heterocycles. The van der Waals surface area contributed by atoms with Crippen LogP contribution in [0.25, 0.3) is 11.2 Å². The lowest BCUT2D eigenvalue weighted by atomic mass is 9.84. The second-order valence-electron chi connectivity index (χ2n) is 8.00. The van der Waals surface area contributed by atoms with Crippen LogP contribution in [0.5, 0.6) is 0 Å². The number of halogens is 3. The topological polar surface area (TPSA) is 153 Å². The van der Waals surface area contributed by atoms with Gasteiger partial charge < -0.3 is 20.1 Å². The van der Waals surface area contributed by atoms with E-state index in [-0.39, 0.29) is 12.6 Å². The molecule has 3 aromatic rings. The van der Waals surface area contributed by atoms with Gasteiger partial charge in [-0.05, 0) is 50.7 Å². The number of aliphatic carboxylic acids is 1. The zero-order chi connectivity index (χ0) is 24.9. The van der Waals surface area contributed by atoms with Crippen molar-refractivity contribution in [1.29, 1.82) is 5.26 Å². The third-order valence-corrected chi connectivity index (χ3v) is 5.52. The quantitative estimate of drug-likeness (QED) is 0.429. The first-order valence-electron chi connectivity index (χ1n) is 10.6. The van der Waals surface area contributed by atoms with Crippen molar-refractivity contribution in [3.05, 3.63) is 29.7 Å². The number of hydrogen-bond acceptors (Lipinski definition) is 7. The van der Waals surface area contributed by atoms with E-state index in [0.717, 1.165) is 42.5 Å². The molecule has 1 aliphatic carbocycles. The fourth-order valence-electron chi connectivity index (χ4n) is 3.94. The van der Waals surface area contributed by atoms with Crippen LogP contribution in [0.15, 0.2) is 18.2 Å². The summed E-state index contributed by atoms with van der Waals surface area (Å²) < 4.78 is 33.8. The number of nitriles is 1. The largest absolute Gasteiger partial charge is 0.490 e.